The average molecular weight is 190 g/mol. The maximum absolute atomic E-state index is 11.8. The van der Waals surface area contributed by atoms with Gasteiger partial charge < -0.3 is 4.74 Å². The SMILES string of the molecule is O=C1CCCC2=C1[C@@H]1C=C[C@@H](CC1)O2. The van der Waals surface area contributed by atoms with Crippen LogP contribution in [-0.2, 0) is 9.53 Å². The Morgan fingerprint density at radius 2 is 2.14 bits per heavy atom. The lowest BCUT2D eigenvalue weighted by Gasteiger charge is -2.19. The highest BCUT2D eigenvalue weighted by atomic mass is 16.5. The number of carbonyl (C=O) groups is 1. The minimum absolute atomic E-state index is 0.240. The molecule has 0 radical (unpaired) electrons. The smallest absolute Gasteiger partial charge is 0.162 e. The number of hydrogen-bond donors (Lipinski definition) is 0. The number of ether oxygens (including phenoxy) is 1. The molecule has 0 fully saturated rings. The van der Waals surface area contributed by atoms with Crippen molar-refractivity contribution in [3.63, 3.8) is 0 Å². The first kappa shape index (κ1) is 8.27. The van der Waals surface area contributed by atoms with E-state index in [1.807, 2.05) is 0 Å². The number of fused-ring (bicyclic) bond motifs is 1. The summed E-state index contributed by atoms with van der Waals surface area (Å²) >= 11 is 0. The van der Waals surface area contributed by atoms with E-state index >= 15 is 0 Å². The third kappa shape index (κ3) is 1.13. The van der Waals surface area contributed by atoms with Crippen LogP contribution in [0, 0.1) is 5.92 Å². The quantitative estimate of drug-likeness (QED) is 0.548. The number of Topliss-reactive ketones (excluding diaryl/α,β-unsaturated/α-hetero) is 1. The molecular formula is C12H14O2. The van der Waals surface area contributed by atoms with Gasteiger partial charge in [-0.25, -0.2) is 0 Å². The van der Waals surface area contributed by atoms with Gasteiger partial charge in [0.25, 0.3) is 0 Å². The predicted octanol–water partition coefficient (Wildman–Crippen LogP) is 2.36. The summed E-state index contributed by atoms with van der Waals surface area (Å²) in [7, 11) is 0. The van der Waals surface area contributed by atoms with Gasteiger partial charge in [0.1, 0.15) is 11.9 Å². The molecule has 0 aromatic rings. The lowest BCUT2D eigenvalue weighted by atomic mass is 9.83. The molecule has 0 saturated carbocycles. The van der Waals surface area contributed by atoms with E-state index in [1.165, 1.54) is 0 Å². The van der Waals surface area contributed by atoms with Crippen molar-refractivity contribution in [1.82, 2.24) is 0 Å². The first-order valence-corrected chi connectivity index (χ1v) is 5.46. The number of ketones is 1. The van der Waals surface area contributed by atoms with Crippen LogP contribution in [0.3, 0.4) is 0 Å². The Bertz CT molecular complexity index is 338. The third-order valence-electron chi connectivity index (χ3n) is 3.39. The van der Waals surface area contributed by atoms with Crippen molar-refractivity contribution in [1.29, 1.82) is 0 Å². The Labute approximate surface area is 83.6 Å². The zero-order valence-electron chi connectivity index (χ0n) is 8.16. The molecule has 14 heavy (non-hydrogen) atoms. The number of hydrogen-bond acceptors (Lipinski definition) is 2. The summed E-state index contributed by atoms with van der Waals surface area (Å²) in [5.74, 6) is 1.68. The fourth-order valence-electron chi connectivity index (χ4n) is 2.69. The van der Waals surface area contributed by atoms with E-state index in [0.717, 1.165) is 43.4 Å². The fraction of sp³-hybridized carbons (Fsp3) is 0.583. The first-order chi connectivity index (χ1) is 6.84. The molecule has 2 aliphatic carbocycles. The number of allylic oxidation sites excluding steroid dienone is 3. The Hall–Kier alpha value is -1.05. The van der Waals surface area contributed by atoms with Crippen molar-refractivity contribution >= 4 is 5.78 Å². The summed E-state index contributed by atoms with van der Waals surface area (Å²) in [4.78, 5) is 11.8. The van der Waals surface area contributed by atoms with Crippen LogP contribution in [-0.4, -0.2) is 11.9 Å². The molecular weight excluding hydrogens is 176 g/mol. The average Bonchev–Trinajstić information content (AvgIpc) is 2.47. The molecule has 2 atom stereocenters. The Balaban J connectivity index is 2.06. The second kappa shape index (κ2) is 2.97. The van der Waals surface area contributed by atoms with Gasteiger partial charge >= 0.3 is 0 Å². The Morgan fingerprint density at radius 1 is 1.21 bits per heavy atom. The summed E-state index contributed by atoms with van der Waals surface area (Å²) in [6, 6.07) is 0. The molecule has 0 N–H and O–H groups in total. The lowest BCUT2D eigenvalue weighted by Crippen LogP contribution is -2.17. The van der Waals surface area contributed by atoms with Crippen molar-refractivity contribution in [2.75, 3.05) is 0 Å². The van der Waals surface area contributed by atoms with Crippen molar-refractivity contribution in [2.45, 2.75) is 38.2 Å². The van der Waals surface area contributed by atoms with Gasteiger partial charge in [-0.1, -0.05) is 6.08 Å². The largest absolute Gasteiger partial charge is 0.490 e. The normalized spacial score (nSPS) is 35.3. The fourth-order valence-corrected chi connectivity index (χ4v) is 2.69. The summed E-state index contributed by atoms with van der Waals surface area (Å²) in [6.07, 6.45) is 9.35. The topological polar surface area (TPSA) is 26.3 Å². The number of carbonyl (C=O) groups excluding carboxylic acids is 1. The number of rotatable bonds is 0. The molecule has 2 bridgehead atoms. The molecule has 0 aromatic carbocycles. The Morgan fingerprint density at radius 3 is 2.93 bits per heavy atom. The highest BCUT2D eigenvalue weighted by molar-refractivity contribution is 5.97. The van der Waals surface area contributed by atoms with E-state index < -0.39 is 0 Å². The van der Waals surface area contributed by atoms with E-state index in [0.29, 0.717) is 11.7 Å². The summed E-state index contributed by atoms with van der Waals surface area (Å²) in [5.41, 5.74) is 0.993. The van der Waals surface area contributed by atoms with Gasteiger partial charge in [-0.05, 0) is 25.3 Å². The van der Waals surface area contributed by atoms with E-state index in [9.17, 15) is 4.79 Å². The molecule has 4 rings (SSSR count). The van der Waals surface area contributed by atoms with E-state index in [2.05, 4.69) is 12.2 Å². The molecule has 2 heteroatoms. The minimum atomic E-state index is 0.240. The van der Waals surface area contributed by atoms with Crippen molar-refractivity contribution in [3.05, 3.63) is 23.5 Å². The zero-order valence-corrected chi connectivity index (χ0v) is 8.16. The van der Waals surface area contributed by atoms with Crippen molar-refractivity contribution in [2.24, 2.45) is 5.92 Å². The summed E-state index contributed by atoms with van der Waals surface area (Å²) in [6.45, 7) is 0. The molecule has 2 heterocycles. The Kier molecular flexibility index (Phi) is 1.76. The molecule has 0 aromatic heterocycles. The maximum atomic E-state index is 11.8. The van der Waals surface area contributed by atoms with Crippen LogP contribution in [0.5, 0.6) is 0 Å². The lowest BCUT2D eigenvalue weighted by molar-refractivity contribution is -0.116. The zero-order chi connectivity index (χ0) is 9.54. The van der Waals surface area contributed by atoms with Gasteiger partial charge in [0.05, 0.1) is 0 Å². The van der Waals surface area contributed by atoms with Gasteiger partial charge in [0.15, 0.2) is 5.78 Å². The first-order valence-electron chi connectivity index (χ1n) is 5.46. The molecule has 2 nitrogen and oxygen atoms in total. The highest BCUT2D eigenvalue weighted by Crippen LogP contribution is 2.38. The van der Waals surface area contributed by atoms with Crippen LogP contribution in [0.1, 0.15) is 32.1 Å². The van der Waals surface area contributed by atoms with Crippen LogP contribution in [0.2, 0.25) is 0 Å². The van der Waals surface area contributed by atoms with E-state index in [1.54, 1.807) is 0 Å². The van der Waals surface area contributed by atoms with Crippen LogP contribution >= 0.6 is 0 Å². The molecule has 0 amide bonds. The molecule has 0 unspecified atom stereocenters. The second-order valence-corrected chi connectivity index (χ2v) is 4.34. The summed E-state index contributed by atoms with van der Waals surface area (Å²) in [5, 5.41) is 0. The predicted molar refractivity (Wildman–Crippen MR) is 52.6 cm³/mol. The molecule has 74 valence electrons. The molecule has 0 saturated heterocycles. The van der Waals surface area contributed by atoms with E-state index in [-0.39, 0.29) is 6.10 Å². The molecule has 2 aliphatic heterocycles. The molecule has 0 spiro atoms. The van der Waals surface area contributed by atoms with Crippen LogP contribution in [0.4, 0.5) is 0 Å². The summed E-state index contributed by atoms with van der Waals surface area (Å²) < 4.78 is 5.85. The minimum Gasteiger partial charge on any atom is -0.490 e. The van der Waals surface area contributed by atoms with Gasteiger partial charge in [0, 0.05) is 24.3 Å². The maximum Gasteiger partial charge on any atom is 0.162 e. The van der Waals surface area contributed by atoms with Gasteiger partial charge in [-0.15, -0.1) is 0 Å². The van der Waals surface area contributed by atoms with Gasteiger partial charge in [0.2, 0.25) is 0 Å². The van der Waals surface area contributed by atoms with E-state index in [4.69, 9.17) is 4.74 Å². The third-order valence-corrected chi connectivity index (χ3v) is 3.39. The van der Waals surface area contributed by atoms with Gasteiger partial charge in [-0.2, -0.15) is 0 Å². The van der Waals surface area contributed by atoms with Crippen LogP contribution in [0.25, 0.3) is 0 Å². The van der Waals surface area contributed by atoms with Gasteiger partial charge in [-0.3, -0.25) is 4.79 Å². The standard InChI is InChI=1S/C12H14O2/c13-10-2-1-3-11-12(10)8-4-6-9(14-11)7-5-8/h4,6,8-9H,1-3,5,7H2/t8-,9+/m1/s1. The van der Waals surface area contributed by atoms with Crippen molar-refractivity contribution in [3.8, 4) is 0 Å². The van der Waals surface area contributed by atoms with Crippen molar-refractivity contribution < 1.29 is 9.53 Å². The van der Waals surface area contributed by atoms with Crippen LogP contribution in [0.15, 0.2) is 23.5 Å². The molecule has 4 aliphatic rings. The second-order valence-electron chi connectivity index (χ2n) is 4.34. The highest BCUT2D eigenvalue weighted by Gasteiger charge is 2.33. The monoisotopic (exact) mass is 190 g/mol. The van der Waals surface area contributed by atoms with Crippen LogP contribution < -0.4 is 0 Å².